The molecule has 0 aromatic carbocycles. The summed E-state index contributed by atoms with van der Waals surface area (Å²) in [4.78, 5) is 4.47. The van der Waals surface area contributed by atoms with Gasteiger partial charge in [-0.3, -0.25) is 4.98 Å². The standard InChI is InChI=1S/C11H16N2/c1-12-10-7-3-2-5-9-6-4-8-13-11(9)10/h4,6,8,10,12H,2-3,5,7H2,1H3/t10-/m0/s1. The van der Waals surface area contributed by atoms with Gasteiger partial charge in [0.1, 0.15) is 0 Å². The Bertz CT molecular complexity index is 283. The second-order valence-electron chi connectivity index (χ2n) is 3.63. The maximum atomic E-state index is 4.47. The largest absolute Gasteiger partial charge is 0.312 e. The van der Waals surface area contributed by atoms with Crippen LogP contribution in [0.15, 0.2) is 18.3 Å². The van der Waals surface area contributed by atoms with Gasteiger partial charge in [-0.2, -0.15) is 0 Å². The first-order valence-electron chi connectivity index (χ1n) is 5.03. The monoisotopic (exact) mass is 176 g/mol. The average molecular weight is 176 g/mol. The molecular formula is C11H16N2. The highest BCUT2D eigenvalue weighted by Gasteiger charge is 2.17. The summed E-state index contributed by atoms with van der Waals surface area (Å²) in [5.41, 5.74) is 2.70. The molecule has 1 N–H and O–H groups in total. The van der Waals surface area contributed by atoms with Crippen LogP contribution in [0.5, 0.6) is 0 Å². The zero-order valence-corrected chi connectivity index (χ0v) is 8.09. The van der Waals surface area contributed by atoms with Crippen LogP contribution in [0.3, 0.4) is 0 Å². The quantitative estimate of drug-likeness (QED) is 0.662. The highest BCUT2D eigenvalue weighted by molar-refractivity contribution is 5.24. The lowest BCUT2D eigenvalue weighted by Gasteiger charge is -2.14. The number of fused-ring (bicyclic) bond motifs is 1. The molecule has 0 aliphatic heterocycles. The Morgan fingerprint density at radius 2 is 2.38 bits per heavy atom. The van der Waals surface area contributed by atoms with Crippen LogP contribution in [0.25, 0.3) is 0 Å². The van der Waals surface area contributed by atoms with Gasteiger partial charge in [-0.25, -0.2) is 0 Å². The Hall–Kier alpha value is -0.890. The third kappa shape index (κ3) is 1.73. The molecule has 70 valence electrons. The smallest absolute Gasteiger partial charge is 0.0604 e. The lowest BCUT2D eigenvalue weighted by atomic mass is 10.1. The Kier molecular flexibility index (Phi) is 2.60. The normalized spacial score (nSPS) is 22.1. The molecule has 13 heavy (non-hydrogen) atoms. The van der Waals surface area contributed by atoms with Crippen LogP contribution in [0.4, 0.5) is 0 Å². The number of nitrogens with one attached hydrogen (secondary N) is 1. The van der Waals surface area contributed by atoms with Gasteiger partial charge in [0, 0.05) is 12.2 Å². The molecule has 0 bridgehead atoms. The molecule has 0 amide bonds. The van der Waals surface area contributed by atoms with E-state index in [1.165, 1.54) is 36.9 Å². The number of pyridine rings is 1. The molecule has 1 atom stereocenters. The van der Waals surface area contributed by atoms with Crippen LogP contribution >= 0.6 is 0 Å². The maximum Gasteiger partial charge on any atom is 0.0604 e. The van der Waals surface area contributed by atoms with Crippen molar-refractivity contribution in [1.29, 1.82) is 0 Å². The van der Waals surface area contributed by atoms with Crippen molar-refractivity contribution in [2.75, 3.05) is 7.05 Å². The van der Waals surface area contributed by atoms with Crippen LogP contribution in [0.2, 0.25) is 0 Å². The van der Waals surface area contributed by atoms with Crippen molar-refractivity contribution in [2.24, 2.45) is 0 Å². The summed E-state index contributed by atoms with van der Waals surface area (Å²) in [6.45, 7) is 0. The first kappa shape index (κ1) is 8.70. The van der Waals surface area contributed by atoms with Crippen LogP contribution in [-0.2, 0) is 6.42 Å². The minimum Gasteiger partial charge on any atom is -0.312 e. The van der Waals surface area contributed by atoms with Crippen LogP contribution in [0.1, 0.15) is 36.6 Å². The van der Waals surface area contributed by atoms with Gasteiger partial charge >= 0.3 is 0 Å². The van der Waals surface area contributed by atoms with E-state index in [0.717, 1.165) is 0 Å². The third-order valence-corrected chi connectivity index (χ3v) is 2.79. The van der Waals surface area contributed by atoms with E-state index in [1.807, 2.05) is 19.3 Å². The molecule has 1 heterocycles. The summed E-state index contributed by atoms with van der Waals surface area (Å²) in [7, 11) is 2.02. The van der Waals surface area contributed by atoms with Gasteiger partial charge in [-0.15, -0.1) is 0 Å². The van der Waals surface area contributed by atoms with E-state index < -0.39 is 0 Å². The molecule has 1 aromatic rings. The summed E-state index contributed by atoms with van der Waals surface area (Å²) < 4.78 is 0. The van der Waals surface area contributed by atoms with Crippen molar-refractivity contribution < 1.29 is 0 Å². The van der Waals surface area contributed by atoms with Gasteiger partial charge < -0.3 is 5.32 Å². The molecular weight excluding hydrogens is 160 g/mol. The van der Waals surface area contributed by atoms with Gasteiger partial charge in [0.25, 0.3) is 0 Å². The van der Waals surface area contributed by atoms with E-state index in [1.54, 1.807) is 0 Å². The predicted molar refractivity (Wildman–Crippen MR) is 53.6 cm³/mol. The lowest BCUT2D eigenvalue weighted by Crippen LogP contribution is -2.17. The van der Waals surface area contributed by atoms with Crippen molar-refractivity contribution in [3.05, 3.63) is 29.6 Å². The number of hydrogen-bond donors (Lipinski definition) is 1. The van der Waals surface area contributed by atoms with Crippen LogP contribution < -0.4 is 5.32 Å². The van der Waals surface area contributed by atoms with Gasteiger partial charge in [-0.05, 0) is 37.9 Å². The lowest BCUT2D eigenvalue weighted by molar-refractivity contribution is 0.523. The highest BCUT2D eigenvalue weighted by Crippen LogP contribution is 2.25. The van der Waals surface area contributed by atoms with E-state index in [0.29, 0.717) is 6.04 Å². The Morgan fingerprint density at radius 3 is 3.23 bits per heavy atom. The molecule has 2 heteroatoms. The molecule has 1 aliphatic rings. The van der Waals surface area contributed by atoms with Crippen LogP contribution in [-0.4, -0.2) is 12.0 Å². The number of aryl methyl sites for hydroxylation is 1. The van der Waals surface area contributed by atoms with Crippen molar-refractivity contribution >= 4 is 0 Å². The van der Waals surface area contributed by atoms with Crippen molar-refractivity contribution in [1.82, 2.24) is 10.3 Å². The minimum absolute atomic E-state index is 0.471. The molecule has 0 radical (unpaired) electrons. The van der Waals surface area contributed by atoms with Crippen molar-refractivity contribution in [3.63, 3.8) is 0 Å². The zero-order valence-electron chi connectivity index (χ0n) is 8.09. The molecule has 1 aliphatic carbocycles. The molecule has 0 spiro atoms. The predicted octanol–water partition coefficient (Wildman–Crippen LogP) is 2.07. The van der Waals surface area contributed by atoms with E-state index in [2.05, 4.69) is 16.4 Å². The van der Waals surface area contributed by atoms with E-state index >= 15 is 0 Å². The molecule has 1 aromatic heterocycles. The third-order valence-electron chi connectivity index (χ3n) is 2.79. The number of hydrogen-bond acceptors (Lipinski definition) is 2. The zero-order chi connectivity index (χ0) is 9.10. The molecule has 0 saturated carbocycles. The summed E-state index contributed by atoms with van der Waals surface area (Å²) in [5.74, 6) is 0. The Morgan fingerprint density at radius 1 is 1.46 bits per heavy atom. The summed E-state index contributed by atoms with van der Waals surface area (Å²) in [5, 5.41) is 3.34. The first-order chi connectivity index (χ1) is 6.42. The SMILES string of the molecule is CN[C@H]1CCCCc2cccnc21. The van der Waals surface area contributed by atoms with Crippen LogP contribution in [0, 0.1) is 0 Å². The van der Waals surface area contributed by atoms with Gasteiger partial charge in [0.2, 0.25) is 0 Å². The Labute approximate surface area is 79.4 Å². The molecule has 0 unspecified atom stereocenters. The minimum atomic E-state index is 0.471. The summed E-state index contributed by atoms with van der Waals surface area (Å²) >= 11 is 0. The number of nitrogens with zero attached hydrogens (tertiary/aromatic N) is 1. The van der Waals surface area contributed by atoms with Crippen molar-refractivity contribution in [3.8, 4) is 0 Å². The summed E-state index contributed by atoms with van der Waals surface area (Å²) in [6, 6.07) is 4.72. The fraction of sp³-hybridized carbons (Fsp3) is 0.545. The average Bonchev–Trinajstić information content (AvgIpc) is 2.39. The molecule has 2 nitrogen and oxygen atoms in total. The molecule has 2 rings (SSSR count). The van der Waals surface area contributed by atoms with E-state index in [4.69, 9.17) is 0 Å². The van der Waals surface area contributed by atoms with Crippen molar-refractivity contribution in [2.45, 2.75) is 31.7 Å². The Balaban J connectivity index is 2.35. The summed E-state index contributed by atoms with van der Waals surface area (Å²) in [6.07, 6.45) is 6.93. The highest BCUT2D eigenvalue weighted by atomic mass is 14.9. The van der Waals surface area contributed by atoms with Gasteiger partial charge in [0.05, 0.1) is 5.69 Å². The molecule has 0 fully saturated rings. The van der Waals surface area contributed by atoms with E-state index in [9.17, 15) is 0 Å². The second-order valence-corrected chi connectivity index (χ2v) is 3.63. The number of rotatable bonds is 1. The second kappa shape index (κ2) is 3.88. The van der Waals surface area contributed by atoms with Gasteiger partial charge in [-0.1, -0.05) is 12.5 Å². The fourth-order valence-electron chi connectivity index (χ4n) is 2.06. The number of aromatic nitrogens is 1. The molecule has 0 saturated heterocycles. The topological polar surface area (TPSA) is 24.9 Å². The van der Waals surface area contributed by atoms with Gasteiger partial charge in [0.15, 0.2) is 0 Å². The first-order valence-corrected chi connectivity index (χ1v) is 5.03. The van der Waals surface area contributed by atoms with E-state index in [-0.39, 0.29) is 0 Å². The maximum absolute atomic E-state index is 4.47. The fourth-order valence-corrected chi connectivity index (χ4v) is 2.06.